The molecule has 0 spiro atoms. The zero-order valence-corrected chi connectivity index (χ0v) is 14.2. The average Bonchev–Trinajstić information content (AvgIpc) is 2.53. The van der Waals surface area contributed by atoms with Gasteiger partial charge < -0.3 is 9.47 Å². The first-order chi connectivity index (χ1) is 11.2. The predicted octanol–water partition coefficient (Wildman–Crippen LogP) is 3.10. The lowest BCUT2D eigenvalue weighted by atomic mass is 9.86. The monoisotopic (exact) mass is 367 g/mol. The molecule has 1 aromatic rings. The van der Waals surface area contributed by atoms with Gasteiger partial charge in [-0.2, -0.15) is 13.2 Å². The average molecular weight is 367 g/mol. The van der Waals surface area contributed by atoms with Crippen molar-refractivity contribution in [2.75, 3.05) is 14.2 Å². The Morgan fingerprint density at radius 2 is 1.79 bits per heavy atom. The number of halogens is 3. The molecule has 1 aromatic carbocycles. The third kappa shape index (κ3) is 4.32. The van der Waals surface area contributed by atoms with Crippen molar-refractivity contribution in [3.05, 3.63) is 18.2 Å². The van der Waals surface area contributed by atoms with E-state index in [0.29, 0.717) is 18.6 Å². The van der Waals surface area contributed by atoms with E-state index in [9.17, 15) is 21.6 Å². The lowest BCUT2D eigenvalue weighted by molar-refractivity contribution is -0.183. The van der Waals surface area contributed by atoms with Gasteiger partial charge in [0.05, 0.1) is 25.0 Å². The van der Waals surface area contributed by atoms with Crippen molar-refractivity contribution >= 4 is 10.0 Å². The van der Waals surface area contributed by atoms with Crippen LogP contribution in [0.4, 0.5) is 13.2 Å². The van der Waals surface area contributed by atoms with Gasteiger partial charge in [0.15, 0.2) is 11.5 Å². The lowest BCUT2D eigenvalue weighted by Gasteiger charge is -2.30. The van der Waals surface area contributed by atoms with Crippen LogP contribution in [0.3, 0.4) is 0 Å². The molecule has 0 aliphatic heterocycles. The number of benzene rings is 1. The van der Waals surface area contributed by atoms with Gasteiger partial charge in [-0.05, 0) is 31.4 Å². The van der Waals surface area contributed by atoms with Gasteiger partial charge in [0.2, 0.25) is 10.0 Å². The first-order valence-electron chi connectivity index (χ1n) is 7.48. The summed E-state index contributed by atoms with van der Waals surface area (Å²) in [7, 11) is -1.15. The van der Waals surface area contributed by atoms with E-state index in [1.165, 1.54) is 32.4 Å². The zero-order valence-electron chi connectivity index (χ0n) is 13.4. The third-order valence-corrected chi connectivity index (χ3v) is 5.64. The molecule has 1 saturated carbocycles. The summed E-state index contributed by atoms with van der Waals surface area (Å²) in [5.41, 5.74) is 0. The Kier molecular flexibility index (Phi) is 5.64. The van der Waals surface area contributed by atoms with Gasteiger partial charge in [0.25, 0.3) is 0 Å². The molecule has 2 rings (SSSR count). The van der Waals surface area contributed by atoms with Crippen molar-refractivity contribution < 1.29 is 31.1 Å². The van der Waals surface area contributed by atoms with Crippen LogP contribution in [0.1, 0.15) is 25.7 Å². The van der Waals surface area contributed by atoms with Crippen LogP contribution in [0.15, 0.2) is 23.1 Å². The van der Waals surface area contributed by atoms with Crippen LogP contribution in [0.2, 0.25) is 0 Å². The smallest absolute Gasteiger partial charge is 0.391 e. The highest BCUT2D eigenvalue weighted by molar-refractivity contribution is 7.89. The fraction of sp³-hybridized carbons (Fsp3) is 0.600. The summed E-state index contributed by atoms with van der Waals surface area (Å²) >= 11 is 0. The number of nitrogens with one attached hydrogen (secondary N) is 1. The topological polar surface area (TPSA) is 64.6 Å². The van der Waals surface area contributed by atoms with E-state index < -0.39 is 28.2 Å². The SMILES string of the molecule is COc1ccc(S(=O)(=O)N[C@@H]2CCC[C@@H](C(F)(F)F)C2)cc1OC. The van der Waals surface area contributed by atoms with Crippen molar-refractivity contribution in [1.29, 1.82) is 0 Å². The fourth-order valence-electron chi connectivity index (χ4n) is 2.87. The van der Waals surface area contributed by atoms with E-state index in [0.717, 1.165) is 0 Å². The van der Waals surface area contributed by atoms with Crippen LogP contribution in [-0.4, -0.2) is 34.9 Å². The predicted molar refractivity (Wildman–Crippen MR) is 81.7 cm³/mol. The maximum absolute atomic E-state index is 12.8. The number of sulfonamides is 1. The van der Waals surface area contributed by atoms with Crippen LogP contribution in [0.25, 0.3) is 0 Å². The van der Waals surface area contributed by atoms with E-state index in [1.807, 2.05) is 0 Å². The Morgan fingerprint density at radius 3 is 2.38 bits per heavy atom. The van der Waals surface area contributed by atoms with E-state index >= 15 is 0 Å². The minimum absolute atomic E-state index is 0.0398. The molecule has 2 atom stereocenters. The van der Waals surface area contributed by atoms with Gasteiger partial charge >= 0.3 is 6.18 Å². The van der Waals surface area contributed by atoms with E-state index in [2.05, 4.69) is 4.72 Å². The maximum atomic E-state index is 12.8. The standard InChI is InChI=1S/C15H20F3NO4S/c1-22-13-7-6-12(9-14(13)23-2)24(20,21)19-11-5-3-4-10(8-11)15(16,17)18/h6-7,9-11,19H,3-5,8H2,1-2H3/t10-,11-/m1/s1. The molecule has 1 fully saturated rings. The molecule has 0 unspecified atom stereocenters. The Balaban J connectivity index is 2.16. The fourth-order valence-corrected chi connectivity index (χ4v) is 4.16. The maximum Gasteiger partial charge on any atom is 0.391 e. The van der Waals surface area contributed by atoms with E-state index in [-0.39, 0.29) is 23.5 Å². The van der Waals surface area contributed by atoms with Crippen LogP contribution >= 0.6 is 0 Å². The number of methoxy groups -OCH3 is 2. The summed E-state index contributed by atoms with van der Waals surface area (Å²) in [6.07, 6.45) is -3.77. The Labute approximate surface area is 139 Å². The molecule has 0 radical (unpaired) electrons. The van der Waals surface area contributed by atoms with Crippen LogP contribution < -0.4 is 14.2 Å². The van der Waals surface area contributed by atoms with E-state index in [4.69, 9.17) is 9.47 Å². The molecule has 24 heavy (non-hydrogen) atoms. The molecule has 0 saturated heterocycles. The second kappa shape index (κ2) is 7.18. The van der Waals surface area contributed by atoms with E-state index in [1.54, 1.807) is 0 Å². The normalized spacial score (nSPS) is 22.2. The van der Waals surface area contributed by atoms with Crippen molar-refractivity contribution in [2.24, 2.45) is 5.92 Å². The van der Waals surface area contributed by atoms with Gasteiger partial charge in [-0.25, -0.2) is 13.1 Å². The Hall–Kier alpha value is -1.48. The summed E-state index contributed by atoms with van der Waals surface area (Å²) in [6.45, 7) is 0. The molecule has 0 bridgehead atoms. The third-order valence-electron chi connectivity index (χ3n) is 4.12. The molecule has 0 aromatic heterocycles. The molecular formula is C15H20F3NO4S. The number of rotatable bonds is 5. The first-order valence-corrected chi connectivity index (χ1v) is 8.96. The van der Waals surface area contributed by atoms with Crippen molar-refractivity contribution in [3.8, 4) is 11.5 Å². The molecule has 1 aliphatic carbocycles. The summed E-state index contributed by atoms with van der Waals surface area (Å²) in [5, 5.41) is 0. The van der Waals surface area contributed by atoms with Crippen LogP contribution in [0.5, 0.6) is 11.5 Å². The van der Waals surface area contributed by atoms with Gasteiger partial charge in [-0.3, -0.25) is 0 Å². The highest BCUT2D eigenvalue weighted by Gasteiger charge is 2.42. The van der Waals surface area contributed by atoms with Gasteiger partial charge in [0.1, 0.15) is 0 Å². The summed E-state index contributed by atoms with van der Waals surface area (Å²) in [5.74, 6) is -0.868. The summed E-state index contributed by atoms with van der Waals surface area (Å²) < 4.78 is 75.9. The van der Waals surface area contributed by atoms with Crippen molar-refractivity contribution in [1.82, 2.24) is 4.72 Å². The molecule has 136 valence electrons. The van der Waals surface area contributed by atoms with Crippen molar-refractivity contribution in [3.63, 3.8) is 0 Å². The lowest BCUT2D eigenvalue weighted by Crippen LogP contribution is -2.41. The number of hydrogen-bond donors (Lipinski definition) is 1. The largest absolute Gasteiger partial charge is 0.493 e. The summed E-state index contributed by atoms with van der Waals surface area (Å²) in [6, 6.07) is 3.31. The Morgan fingerprint density at radius 1 is 1.12 bits per heavy atom. The molecule has 1 N–H and O–H groups in total. The Bertz CT molecular complexity index is 676. The number of ether oxygens (including phenoxy) is 2. The number of hydrogen-bond acceptors (Lipinski definition) is 4. The minimum Gasteiger partial charge on any atom is -0.493 e. The van der Waals surface area contributed by atoms with Crippen LogP contribution in [-0.2, 0) is 10.0 Å². The highest BCUT2D eigenvalue weighted by Crippen LogP contribution is 2.38. The van der Waals surface area contributed by atoms with Crippen molar-refractivity contribution in [2.45, 2.75) is 42.8 Å². The summed E-state index contributed by atoms with van der Waals surface area (Å²) in [4.78, 5) is -0.0747. The molecule has 9 heteroatoms. The number of alkyl halides is 3. The second-order valence-corrected chi connectivity index (χ2v) is 7.45. The van der Waals surface area contributed by atoms with Crippen LogP contribution in [0, 0.1) is 5.92 Å². The second-order valence-electron chi connectivity index (χ2n) is 5.74. The van der Waals surface area contributed by atoms with Gasteiger partial charge in [0, 0.05) is 12.1 Å². The molecule has 0 amide bonds. The first kappa shape index (κ1) is 18.9. The minimum atomic E-state index is -4.30. The molecular weight excluding hydrogens is 347 g/mol. The van der Waals surface area contributed by atoms with Gasteiger partial charge in [-0.15, -0.1) is 0 Å². The molecule has 1 aliphatic rings. The quantitative estimate of drug-likeness (QED) is 0.869. The molecule has 5 nitrogen and oxygen atoms in total. The molecule has 0 heterocycles. The zero-order chi connectivity index (χ0) is 18.0. The van der Waals surface area contributed by atoms with Gasteiger partial charge in [-0.1, -0.05) is 6.42 Å². The highest BCUT2D eigenvalue weighted by atomic mass is 32.2.